The molecular formula is C121H137BN4. The zero-order chi connectivity index (χ0) is 100. The van der Waals surface area contributed by atoms with Crippen molar-refractivity contribution < 1.29 is 16.4 Å². The van der Waals surface area contributed by atoms with Gasteiger partial charge in [-0.15, -0.1) is 0 Å². The summed E-state index contributed by atoms with van der Waals surface area (Å²) in [6, 6.07) is 73.3. The molecule has 0 saturated heterocycles. The van der Waals surface area contributed by atoms with Crippen molar-refractivity contribution in [2.45, 2.75) is 243 Å². The molecule has 0 spiro atoms. The average molecular weight is 1670 g/mol. The summed E-state index contributed by atoms with van der Waals surface area (Å²) in [7, 11) is 0. The van der Waals surface area contributed by atoms with Crippen LogP contribution >= 0.6 is 0 Å². The van der Waals surface area contributed by atoms with Gasteiger partial charge < -0.3 is 18.9 Å². The van der Waals surface area contributed by atoms with E-state index in [0.29, 0.717) is 50.7 Å². The molecule has 0 aliphatic carbocycles. The summed E-state index contributed by atoms with van der Waals surface area (Å²) in [5, 5.41) is 1.55. The Hall–Kier alpha value is -10.9. The van der Waals surface area contributed by atoms with E-state index in [-0.39, 0.29) is 85.1 Å². The monoisotopic (exact) mass is 1670 g/mol. The largest absolute Gasteiger partial charge is 0.310 e. The highest BCUT2D eigenvalue weighted by Crippen LogP contribution is 2.57. The van der Waals surface area contributed by atoms with Crippen LogP contribution in [0.4, 0.5) is 34.1 Å². The SMILES string of the molecule is [2H]c1c([2H])c([2H])c2c(c1[2H])c1cc(C([2H])([2H])C(C)(C)C)ccc1n2-c1ccc2c(c1)N(c1c(-c3cccc(CC(C)(C)C)c3)cc(C(C)(C)C)cc1-c1cccc(CC(C)(C)C)c1)c1cc(CC(C)(C)C)cc3c1B2c1ccc(-n2c4ccc(C([2H])([2H])C(C)(C)C)cc4c4c([2H])c([2H])c([2H])c([2H])c42)cc1N3c1c(-c2cccc(CC(C)(C)C)c2)cc(C(C)(C)C)cc1-c1cccc(CC(C)(C)C)c1. The second kappa shape index (κ2) is 31.6. The maximum atomic E-state index is 10.3. The topological polar surface area (TPSA) is 16.3 Å². The Morgan fingerprint density at radius 3 is 0.881 bits per heavy atom. The lowest BCUT2D eigenvalue weighted by Crippen LogP contribution is -2.61. The van der Waals surface area contributed by atoms with Crippen LogP contribution in [0, 0.1) is 37.9 Å². The third kappa shape index (κ3) is 17.9. The Bertz CT molecular complexity index is 6890. The second-order valence-corrected chi connectivity index (χ2v) is 46.8. The molecule has 13 aromatic carbocycles. The summed E-state index contributed by atoms with van der Waals surface area (Å²) in [5.74, 6) is 0. The van der Waals surface area contributed by atoms with Crippen molar-refractivity contribution in [1.82, 2.24) is 9.13 Å². The first-order valence-electron chi connectivity index (χ1n) is 51.8. The molecule has 0 amide bonds. The van der Waals surface area contributed by atoms with Crippen LogP contribution < -0.4 is 26.2 Å². The number of fused-ring (bicyclic) bond motifs is 10. The molecule has 2 aliphatic rings. The van der Waals surface area contributed by atoms with Gasteiger partial charge in [-0.05, 0) is 279 Å². The van der Waals surface area contributed by atoms with Crippen LogP contribution in [-0.2, 0) is 55.7 Å². The van der Waals surface area contributed by atoms with Crippen LogP contribution in [0.2, 0.25) is 0 Å². The van der Waals surface area contributed by atoms with Gasteiger partial charge in [0.1, 0.15) is 0 Å². The van der Waals surface area contributed by atoms with Crippen molar-refractivity contribution in [2.24, 2.45) is 37.9 Å². The summed E-state index contributed by atoms with van der Waals surface area (Å²) in [5.41, 5.74) is 24.8. The number of hydrogen-bond acceptors (Lipinski definition) is 2. The van der Waals surface area contributed by atoms with Crippen LogP contribution in [0.5, 0.6) is 0 Å². The predicted octanol–water partition coefficient (Wildman–Crippen LogP) is 32.3. The molecule has 2 aromatic heterocycles. The minimum atomic E-state index is -1.88. The van der Waals surface area contributed by atoms with Crippen molar-refractivity contribution >= 4 is 101 Å². The molecule has 0 atom stereocenters. The van der Waals surface area contributed by atoms with E-state index in [2.05, 4.69) is 325 Å². The maximum Gasteiger partial charge on any atom is 0.252 e. The van der Waals surface area contributed by atoms with Gasteiger partial charge in [0, 0.05) is 83.4 Å². The zero-order valence-corrected chi connectivity index (χ0v) is 80.0. The number of nitrogens with zero attached hydrogens (tertiary/aromatic N) is 4. The lowest BCUT2D eigenvalue weighted by molar-refractivity contribution is 0.411. The first kappa shape index (κ1) is 73.2. The summed E-state index contributed by atoms with van der Waals surface area (Å²) in [6.07, 6.45) is 0.0576. The van der Waals surface area contributed by atoms with Gasteiger partial charge >= 0.3 is 0 Å². The molecule has 15 aromatic rings. The molecule has 0 unspecified atom stereocenters. The molecule has 0 saturated carbocycles. The fraction of sp³-hybridized carbons (Fsp3) is 0.355. The molecule has 0 fully saturated rings. The summed E-state index contributed by atoms with van der Waals surface area (Å²) in [6.45, 7) is 59.0. The normalized spacial score (nSPS) is 15.3. The number of rotatable bonds is 15. The lowest BCUT2D eigenvalue weighted by atomic mass is 9.33. The molecule has 0 bridgehead atoms. The van der Waals surface area contributed by atoms with E-state index in [1.807, 2.05) is 87.1 Å². The van der Waals surface area contributed by atoms with Crippen molar-refractivity contribution in [1.29, 1.82) is 0 Å². The molecule has 0 N–H and O–H groups in total. The molecule has 4 heterocycles. The molecule has 644 valence electrons. The third-order valence-corrected chi connectivity index (χ3v) is 24.5. The molecular weight excluding hydrogens is 1520 g/mol. The Morgan fingerprint density at radius 1 is 0.270 bits per heavy atom. The van der Waals surface area contributed by atoms with Crippen molar-refractivity contribution in [3.63, 3.8) is 0 Å². The maximum absolute atomic E-state index is 10.3. The zero-order valence-electron chi connectivity index (χ0n) is 92.0. The van der Waals surface area contributed by atoms with Gasteiger partial charge in [0.25, 0.3) is 6.71 Å². The van der Waals surface area contributed by atoms with Gasteiger partial charge in [0.15, 0.2) is 0 Å². The van der Waals surface area contributed by atoms with Gasteiger partial charge in [0.05, 0.1) is 44.4 Å². The Kier molecular flexibility index (Phi) is 18.3. The first-order chi connectivity index (χ1) is 63.9. The van der Waals surface area contributed by atoms with Gasteiger partial charge in [-0.3, -0.25) is 0 Å². The van der Waals surface area contributed by atoms with E-state index >= 15 is 0 Å². The van der Waals surface area contributed by atoms with Gasteiger partial charge in [0.2, 0.25) is 0 Å². The lowest BCUT2D eigenvalue weighted by Gasteiger charge is -2.46. The third-order valence-electron chi connectivity index (χ3n) is 24.5. The summed E-state index contributed by atoms with van der Waals surface area (Å²) < 4.78 is 122. The molecule has 5 heteroatoms. The van der Waals surface area contributed by atoms with Gasteiger partial charge in [-0.25, -0.2) is 0 Å². The summed E-state index contributed by atoms with van der Waals surface area (Å²) in [4.78, 5) is 5.16. The van der Waals surface area contributed by atoms with E-state index in [1.165, 1.54) is 22.3 Å². The van der Waals surface area contributed by atoms with E-state index < -0.39 is 53.2 Å². The fourth-order valence-corrected chi connectivity index (χ4v) is 19.8. The minimum Gasteiger partial charge on any atom is -0.310 e. The predicted molar refractivity (Wildman–Crippen MR) is 550 cm³/mol. The molecule has 17 rings (SSSR count). The number of aromatic nitrogens is 2. The highest BCUT2D eigenvalue weighted by Gasteiger charge is 2.47. The van der Waals surface area contributed by atoms with Crippen molar-refractivity contribution in [3.05, 3.63) is 305 Å². The molecule has 2 aliphatic heterocycles. The smallest absolute Gasteiger partial charge is 0.252 e. The van der Waals surface area contributed by atoms with E-state index in [0.717, 1.165) is 137 Å². The van der Waals surface area contributed by atoms with Gasteiger partial charge in [-0.2, -0.15) is 0 Å². The number of hydrogen-bond donors (Lipinski definition) is 0. The Labute approximate surface area is 772 Å². The average Bonchev–Trinajstić information content (AvgIpc) is 0.990. The summed E-state index contributed by atoms with van der Waals surface area (Å²) >= 11 is 0. The van der Waals surface area contributed by atoms with E-state index in [9.17, 15) is 16.4 Å². The molecule has 0 radical (unpaired) electrons. The highest BCUT2D eigenvalue weighted by atomic mass is 15.2. The van der Waals surface area contributed by atoms with Gasteiger partial charge in [-0.1, -0.05) is 345 Å². The molecule has 126 heavy (non-hydrogen) atoms. The minimum absolute atomic E-state index is 0.0847. The van der Waals surface area contributed by atoms with Crippen LogP contribution in [0.1, 0.15) is 253 Å². The Balaban J connectivity index is 1.12. The fourth-order valence-electron chi connectivity index (χ4n) is 19.8. The quantitative estimate of drug-likeness (QED) is 0.0951. The molecule has 4 nitrogen and oxygen atoms in total. The van der Waals surface area contributed by atoms with Crippen molar-refractivity contribution in [3.8, 4) is 55.9 Å². The second-order valence-electron chi connectivity index (χ2n) is 46.8. The van der Waals surface area contributed by atoms with Crippen LogP contribution in [0.3, 0.4) is 0 Å². The van der Waals surface area contributed by atoms with Crippen LogP contribution in [-0.4, -0.2) is 15.8 Å². The van der Waals surface area contributed by atoms with Crippen LogP contribution in [0.25, 0.3) is 99.5 Å². The number of anilines is 6. The standard InChI is InChI=1S/C121H137BN4/c1-113(2,3)70-77-36-32-40-84(56-77)94-64-88(120(22,23)24)65-95(85-41-33-37-78(57-85)71-114(4,5)6)111(94)125-106-68-90(123-102-46-30-28-44-92(102)98-60-81(48-54-104(98)123)74-117(13,14)15)50-52-100(106)122-101-53-51-91(124-103-47-31-29-45-93(103)99-61-82(49-55-105(99)124)75-118(16,17)18)69-107(101)126(109-63-83(76-119(19,20)21)62-108(125)110(109)122)112-96(86-42-34-38-79(58-86)72-115(7,8)9)66-89(121(25,26)27)67-97(112)87-43-35-39-80(59-87)73-116(10,11)12/h28-69H,70-76H2,1-27H3/i28D,29D,30D,31D,44D,45D,46D,47D,74D2,75D2. The van der Waals surface area contributed by atoms with Crippen molar-refractivity contribution in [2.75, 3.05) is 9.80 Å². The first-order valence-corrected chi connectivity index (χ1v) is 45.8. The number of para-hydroxylation sites is 2. The Morgan fingerprint density at radius 2 is 0.579 bits per heavy atom. The number of benzene rings is 13. The highest BCUT2D eigenvalue weighted by molar-refractivity contribution is 7.00. The van der Waals surface area contributed by atoms with E-state index in [1.54, 1.807) is 0 Å². The van der Waals surface area contributed by atoms with E-state index in [4.69, 9.17) is 0 Å². The van der Waals surface area contributed by atoms with Crippen LogP contribution in [0.15, 0.2) is 255 Å².